The van der Waals surface area contributed by atoms with E-state index in [1.54, 1.807) is 6.26 Å². The minimum atomic E-state index is -0.442. The molecule has 0 radical (unpaired) electrons. The Morgan fingerprint density at radius 1 is 1.00 bits per heavy atom. The Bertz CT molecular complexity index is 1390. The van der Waals surface area contributed by atoms with Gasteiger partial charge in [-0.15, -0.1) is 0 Å². The highest BCUT2D eigenvalue weighted by atomic mass is 19.1. The number of rotatable bonds is 7. The number of carbonyl (C=O) groups excluding carboxylic acids is 1. The first-order valence-corrected chi connectivity index (χ1v) is 9.89. The molecule has 5 rings (SSSR count). The molecule has 0 atom stereocenters. The lowest BCUT2D eigenvalue weighted by Crippen LogP contribution is -2.08. The lowest BCUT2D eigenvalue weighted by molar-refractivity contribution is -0.144. The van der Waals surface area contributed by atoms with Gasteiger partial charge < -0.3 is 18.4 Å². The van der Waals surface area contributed by atoms with Crippen molar-refractivity contribution >= 4 is 27.7 Å². The highest BCUT2D eigenvalue weighted by Gasteiger charge is 2.15. The van der Waals surface area contributed by atoms with Crippen molar-refractivity contribution in [2.75, 3.05) is 0 Å². The predicted octanol–water partition coefficient (Wildman–Crippen LogP) is 4.97. The van der Waals surface area contributed by atoms with Crippen LogP contribution in [0.3, 0.4) is 0 Å². The molecule has 0 saturated carbocycles. The van der Waals surface area contributed by atoms with Gasteiger partial charge >= 0.3 is 5.97 Å². The van der Waals surface area contributed by atoms with Gasteiger partial charge in [0.1, 0.15) is 17.1 Å². The van der Waals surface area contributed by atoms with E-state index in [9.17, 15) is 9.18 Å². The van der Waals surface area contributed by atoms with Crippen LogP contribution >= 0.6 is 0 Å². The number of hydrogen-bond acceptors (Lipinski definition) is 7. The highest BCUT2D eigenvalue weighted by molar-refractivity contribution is 6.08. The van der Waals surface area contributed by atoms with Crippen molar-refractivity contribution in [3.05, 3.63) is 90.0 Å². The average molecular weight is 432 g/mol. The fraction of sp³-hybridized carbons (Fsp3) is 0.125. The predicted molar refractivity (Wildman–Crippen MR) is 112 cm³/mol. The zero-order chi connectivity index (χ0) is 21.9. The molecule has 2 heterocycles. The maximum absolute atomic E-state index is 12.9. The van der Waals surface area contributed by atoms with Crippen LogP contribution in [0.25, 0.3) is 21.7 Å². The molecule has 0 fully saturated rings. The van der Waals surface area contributed by atoms with Gasteiger partial charge in [0.05, 0.1) is 12.7 Å². The molecule has 0 aliphatic carbocycles. The Labute approximate surface area is 181 Å². The summed E-state index contributed by atoms with van der Waals surface area (Å²) in [6, 6.07) is 17.4. The minimum Gasteiger partial charge on any atom is -0.485 e. The van der Waals surface area contributed by atoms with E-state index in [0.717, 1.165) is 21.7 Å². The highest BCUT2D eigenvalue weighted by Crippen LogP contribution is 2.30. The monoisotopic (exact) mass is 432 g/mol. The van der Waals surface area contributed by atoms with E-state index in [4.69, 9.17) is 18.4 Å². The molecule has 7 nitrogen and oxygen atoms in total. The molecule has 0 saturated heterocycles. The van der Waals surface area contributed by atoms with Gasteiger partial charge in [-0.25, -0.2) is 4.39 Å². The summed E-state index contributed by atoms with van der Waals surface area (Å²) in [4.78, 5) is 16.5. The van der Waals surface area contributed by atoms with Crippen molar-refractivity contribution in [1.82, 2.24) is 10.1 Å². The quantitative estimate of drug-likeness (QED) is 0.336. The molecule has 0 unspecified atom stereocenters. The van der Waals surface area contributed by atoms with Crippen molar-refractivity contribution in [3.8, 4) is 5.75 Å². The molecule has 0 aliphatic heterocycles. The number of benzene rings is 3. The van der Waals surface area contributed by atoms with Crippen molar-refractivity contribution in [2.24, 2.45) is 0 Å². The average Bonchev–Trinajstić information content (AvgIpc) is 3.44. The summed E-state index contributed by atoms with van der Waals surface area (Å²) in [5.41, 5.74) is 1.47. The van der Waals surface area contributed by atoms with Crippen LogP contribution in [0.5, 0.6) is 5.75 Å². The second-order valence-electron chi connectivity index (χ2n) is 7.11. The van der Waals surface area contributed by atoms with Gasteiger partial charge in [0.25, 0.3) is 5.89 Å². The molecule has 5 aromatic rings. The van der Waals surface area contributed by atoms with Gasteiger partial charge in [0.15, 0.2) is 13.2 Å². The number of aromatic nitrogens is 2. The normalized spacial score (nSPS) is 11.2. The first kappa shape index (κ1) is 19.7. The molecular formula is C24H17FN2O5. The summed E-state index contributed by atoms with van der Waals surface area (Å²) in [6.07, 6.45) is 1.63. The summed E-state index contributed by atoms with van der Waals surface area (Å²) in [5, 5.41) is 6.77. The first-order valence-electron chi connectivity index (χ1n) is 9.89. The van der Waals surface area contributed by atoms with E-state index in [-0.39, 0.29) is 37.2 Å². The van der Waals surface area contributed by atoms with Gasteiger partial charge in [0, 0.05) is 10.9 Å². The van der Waals surface area contributed by atoms with Gasteiger partial charge in [0.2, 0.25) is 5.82 Å². The second kappa shape index (κ2) is 8.50. The van der Waals surface area contributed by atoms with Gasteiger partial charge in [-0.05, 0) is 41.1 Å². The largest absolute Gasteiger partial charge is 0.485 e. The smallest absolute Gasteiger partial charge is 0.310 e. The Balaban J connectivity index is 1.20. The number of nitrogens with zero attached hydrogens (tertiary/aromatic N) is 2. The van der Waals surface area contributed by atoms with Crippen molar-refractivity contribution in [1.29, 1.82) is 0 Å². The van der Waals surface area contributed by atoms with E-state index in [1.165, 1.54) is 24.3 Å². The van der Waals surface area contributed by atoms with E-state index >= 15 is 0 Å². The molecule has 32 heavy (non-hydrogen) atoms. The Morgan fingerprint density at radius 3 is 2.72 bits per heavy atom. The molecule has 0 spiro atoms. The molecule has 3 aromatic carbocycles. The maximum Gasteiger partial charge on any atom is 0.310 e. The summed E-state index contributed by atoms with van der Waals surface area (Å²) < 4.78 is 34.4. The molecule has 0 aliphatic rings. The maximum atomic E-state index is 12.9. The molecule has 8 heteroatoms. The number of hydrogen-bond donors (Lipinski definition) is 0. The van der Waals surface area contributed by atoms with E-state index in [1.807, 2.05) is 36.4 Å². The van der Waals surface area contributed by atoms with Gasteiger partial charge in [-0.3, -0.25) is 4.79 Å². The first-order chi connectivity index (χ1) is 15.7. The number of halogens is 1. The summed E-state index contributed by atoms with van der Waals surface area (Å²) in [5.74, 6) is 0.121. The molecule has 0 N–H and O–H groups in total. The van der Waals surface area contributed by atoms with Crippen LogP contribution in [-0.4, -0.2) is 16.1 Å². The van der Waals surface area contributed by atoms with Crippen molar-refractivity contribution in [3.63, 3.8) is 0 Å². The van der Waals surface area contributed by atoms with Crippen LogP contribution in [0.1, 0.15) is 17.3 Å². The zero-order valence-electron chi connectivity index (χ0n) is 16.8. The third kappa shape index (κ3) is 4.15. The van der Waals surface area contributed by atoms with Crippen LogP contribution < -0.4 is 4.74 Å². The zero-order valence-corrected chi connectivity index (χ0v) is 16.8. The van der Waals surface area contributed by atoms with E-state index in [0.29, 0.717) is 11.3 Å². The summed E-state index contributed by atoms with van der Waals surface area (Å²) in [6.45, 7) is -0.115. The van der Waals surface area contributed by atoms with Crippen LogP contribution in [0, 0.1) is 5.82 Å². The van der Waals surface area contributed by atoms with Gasteiger partial charge in [-0.1, -0.05) is 35.5 Å². The molecular weight excluding hydrogens is 415 g/mol. The third-order valence-electron chi connectivity index (χ3n) is 4.92. The fourth-order valence-electron chi connectivity index (χ4n) is 3.44. The van der Waals surface area contributed by atoms with E-state index < -0.39 is 5.97 Å². The van der Waals surface area contributed by atoms with Gasteiger partial charge in [-0.2, -0.15) is 4.98 Å². The Hall–Kier alpha value is -4.20. The van der Waals surface area contributed by atoms with Crippen LogP contribution in [0.15, 0.2) is 75.9 Å². The molecule has 2 aromatic heterocycles. The SMILES string of the molecule is O=C(Cc1coc2ccc3ccccc3c12)OCc1nc(COc2ccc(F)cc2)no1. The molecule has 160 valence electrons. The second-order valence-corrected chi connectivity index (χ2v) is 7.11. The van der Waals surface area contributed by atoms with Crippen molar-refractivity contribution in [2.45, 2.75) is 19.6 Å². The van der Waals surface area contributed by atoms with Crippen LogP contribution in [-0.2, 0) is 29.2 Å². The standard InChI is InChI=1S/C24H17FN2O5/c25-17-6-8-18(9-7-17)29-13-21-26-22(32-27-21)14-31-23(28)11-16-12-30-20-10-5-15-3-1-2-4-19(15)24(16)20/h1-10,12H,11,13-14H2. The number of furan rings is 1. The minimum absolute atomic E-state index is 0.0389. The molecule has 0 bridgehead atoms. The number of ether oxygens (including phenoxy) is 2. The van der Waals surface area contributed by atoms with Crippen LogP contribution in [0.2, 0.25) is 0 Å². The molecule has 0 amide bonds. The van der Waals surface area contributed by atoms with E-state index in [2.05, 4.69) is 10.1 Å². The number of fused-ring (bicyclic) bond motifs is 3. The third-order valence-corrected chi connectivity index (χ3v) is 4.92. The topological polar surface area (TPSA) is 87.6 Å². The summed E-state index contributed by atoms with van der Waals surface area (Å²) >= 11 is 0. The Kier molecular flexibility index (Phi) is 5.25. The number of carbonyl (C=O) groups is 1. The van der Waals surface area contributed by atoms with Crippen LogP contribution in [0.4, 0.5) is 4.39 Å². The lowest BCUT2D eigenvalue weighted by Gasteiger charge is -2.03. The summed E-state index contributed by atoms with van der Waals surface area (Å²) in [7, 11) is 0. The van der Waals surface area contributed by atoms with Crippen molar-refractivity contribution < 1.29 is 27.6 Å². The number of esters is 1. The Morgan fingerprint density at radius 2 is 1.84 bits per heavy atom. The lowest BCUT2D eigenvalue weighted by atomic mass is 10.0. The fourth-order valence-corrected chi connectivity index (χ4v) is 3.44.